The van der Waals surface area contributed by atoms with Crippen molar-refractivity contribution in [2.24, 2.45) is 0 Å². The van der Waals surface area contributed by atoms with E-state index in [4.69, 9.17) is 4.74 Å². The zero-order valence-corrected chi connectivity index (χ0v) is 11.3. The van der Waals surface area contributed by atoms with Crippen LogP contribution in [0.3, 0.4) is 0 Å². The van der Waals surface area contributed by atoms with E-state index in [9.17, 15) is 8.78 Å². The van der Waals surface area contributed by atoms with Crippen LogP contribution >= 0.6 is 0 Å². The number of nitrogens with one attached hydrogen (secondary N) is 1. The molecule has 0 unspecified atom stereocenters. The second kappa shape index (κ2) is 6.89. The Morgan fingerprint density at radius 2 is 1.95 bits per heavy atom. The Morgan fingerprint density at radius 3 is 2.70 bits per heavy atom. The number of ether oxygens (including phenoxy) is 1. The van der Waals surface area contributed by atoms with Crippen molar-refractivity contribution < 1.29 is 13.5 Å². The molecule has 0 radical (unpaired) electrons. The molecule has 0 saturated carbocycles. The van der Waals surface area contributed by atoms with Crippen LogP contribution in [-0.4, -0.2) is 6.61 Å². The van der Waals surface area contributed by atoms with Crippen LogP contribution in [0.4, 0.5) is 14.5 Å². The van der Waals surface area contributed by atoms with Crippen LogP contribution in [0.25, 0.3) is 0 Å². The maximum atomic E-state index is 13.5. The molecule has 106 valence electrons. The Kier molecular flexibility index (Phi) is 4.93. The Bertz CT molecular complexity index is 572. The molecule has 0 aliphatic carbocycles. The van der Waals surface area contributed by atoms with E-state index < -0.39 is 11.6 Å². The van der Waals surface area contributed by atoms with Gasteiger partial charge in [0.2, 0.25) is 0 Å². The van der Waals surface area contributed by atoms with Gasteiger partial charge in [-0.25, -0.2) is 8.78 Å². The SMILES string of the molecule is CCCOc1cccc(NCc2ccc(F)cc2F)c1. The Labute approximate surface area is 117 Å². The predicted octanol–water partition coefficient (Wildman–Crippen LogP) is 4.37. The fourth-order valence-corrected chi connectivity index (χ4v) is 1.78. The second-order valence-electron chi connectivity index (χ2n) is 4.47. The summed E-state index contributed by atoms with van der Waals surface area (Å²) in [6, 6.07) is 11.1. The molecule has 4 heteroatoms. The summed E-state index contributed by atoms with van der Waals surface area (Å²) in [6.07, 6.45) is 0.943. The van der Waals surface area contributed by atoms with Crippen LogP contribution in [0.1, 0.15) is 18.9 Å². The van der Waals surface area contributed by atoms with Crippen LogP contribution in [-0.2, 0) is 6.54 Å². The highest BCUT2D eigenvalue weighted by Crippen LogP contribution is 2.19. The average molecular weight is 277 g/mol. The molecule has 0 heterocycles. The summed E-state index contributed by atoms with van der Waals surface area (Å²) in [5, 5.41) is 3.10. The molecule has 2 aromatic rings. The van der Waals surface area contributed by atoms with Crippen LogP contribution in [0.15, 0.2) is 42.5 Å². The van der Waals surface area contributed by atoms with Crippen molar-refractivity contribution in [3.8, 4) is 5.75 Å². The molecule has 20 heavy (non-hydrogen) atoms. The lowest BCUT2D eigenvalue weighted by molar-refractivity contribution is 0.317. The third-order valence-corrected chi connectivity index (χ3v) is 2.80. The Hall–Kier alpha value is -2.10. The van der Waals surface area contributed by atoms with Gasteiger partial charge in [0.05, 0.1) is 6.61 Å². The van der Waals surface area contributed by atoms with E-state index in [0.717, 1.165) is 23.9 Å². The van der Waals surface area contributed by atoms with Gasteiger partial charge in [-0.2, -0.15) is 0 Å². The molecule has 0 aliphatic heterocycles. The van der Waals surface area contributed by atoms with Gasteiger partial charge < -0.3 is 10.1 Å². The summed E-state index contributed by atoms with van der Waals surface area (Å²) < 4.78 is 31.8. The highest BCUT2D eigenvalue weighted by Gasteiger charge is 2.04. The summed E-state index contributed by atoms with van der Waals surface area (Å²) in [5.74, 6) is -0.339. The third-order valence-electron chi connectivity index (χ3n) is 2.80. The van der Waals surface area contributed by atoms with Crippen LogP contribution in [0.5, 0.6) is 5.75 Å². The summed E-state index contributed by atoms with van der Waals surface area (Å²) in [5.41, 5.74) is 1.26. The molecular formula is C16H17F2NO. The highest BCUT2D eigenvalue weighted by atomic mass is 19.1. The van der Waals surface area contributed by atoms with Gasteiger partial charge in [-0.05, 0) is 24.6 Å². The van der Waals surface area contributed by atoms with Crippen LogP contribution < -0.4 is 10.1 Å². The molecule has 0 amide bonds. The minimum absolute atomic E-state index is 0.295. The van der Waals surface area contributed by atoms with Crippen LogP contribution in [0.2, 0.25) is 0 Å². The van der Waals surface area contributed by atoms with Crippen LogP contribution in [0, 0.1) is 11.6 Å². The topological polar surface area (TPSA) is 21.3 Å². The summed E-state index contributed by atoms with van der Waals surface area (Å²) in [7, 11) is 0. The fraction of sp³-hybridized carbons (Fsp3) is 0.250. The number of benzene rings is 2. The first kappa shape index (κ1) is 14.3. The normalized spacial score (nSPS) is 10.3. The molecule has 0 bridgehead atoms. The van der Waals surface area contributed by atoms with Crippen molar-refractivity contribution in [2.45, 2.75) is 19.9 Å². The molecule has 0 aliphatic rings. The van der Waals surface area contributed by atoms with E-state index in [2.05, 4.69) is 5.32 Å². The molecule has 0 aromatic heterocycles. The zero-order chi connectivity index (χ0) is 14.4. The second-order valence-corrected chi connectivity index (χ2v) is 4.47. The van der Waals surface area contributed by atoms with Gasteiger partial charge in [0, 0.05) is 29.9 Å². The van der Waals surface area contributed by atoms with Crippen molar-refractivity contribution in [3.63, 3.8) is 0 Å². The van der Waals surface area contributed by atoms with E-state index >= 15 is 0 Å². The number of hydrogen-bond donors (Lipinski definition) is 1. The first-order valence-corrected chi connectivity index (χ1v) is 6.59. The molecule has 2 aromatic carbocycles. The molecular weight excluding hydrogens is 260 g/mol. The first-order chi connectivity index (χ1) is 9.69. The quantitative estimate of drug-likeness (QED) is 0.846. The van der Waals surface area contributed by atoms with Crippen molar-refractivity contribution in [1.29, 1.82) is 0 Å². The summed E-state index contributed by atoms with van der Waals surface area (Å²) in [4.78, 5) is 0. The Balaban J connectivity index is 1.99. The predicted molar refractivity (Wildman–Crippen MR) is 75.9 cm³/mol. The van der Waals surface area contributed by atoms with E-state index in [-0.39, 0.29) is 0 Å². The van der Waals surface area contributed by atoms with E-state index in [1.807, 2.05) is 31.2 Å². The monoisotopic (exact) mass is 277 g/mol. The van der Waals surface area contributed by atoms with Gasteiger partial charge in [0.1, 0.15) is 17.4 Å². The lowest BCUT2D eigenvalue weighted by Crippen LogP contribution is -2.02. The first-order valence-electron chi connectivity index (χ1n) is 6.59. The van der Waals surface area contributed by atoms with Gasteiger partial charge >= 0.3 is 0 Å². The molecule has 2 rings (SSSR count). The molecule has 2 nitrogen and oxygen atoms in total. The Morgan fingerprint density at radius 1 is 1.10 bits per heavy atom. The van der Waals surface area contributed by atoms with Gasteiger partial charge in [0.25, 0.3) is 0 Å². The molecule has 0 atom stereocenters. The minimum Gasteiger partial charge on any atom is -0.494 e. The third kappa shape index (κ3) is 3.95. The average Bonchev–Trinajstić information content (AvgIpc) is 2.45. The largest absolute Gasteiger partial charge is 0.494 e. The maximum absolute atomic E-state index is 13.5. The smallest absolute Gasteiger partial charge is 0.131 e. The van der Waals surface area contributed by atoms with Crippen molar-refractivity contribution in [3.05, 3.63) is 59.7 Å². The molecule has 0 spiro atoms. The number of anilines is 1. The standard InChI is InChI=1S/C16H17F2NO/c1-2-8-20-15-5-3-4-14(10-15)19-11-12-6-7-13(17)9-16(12)18/h3-7,9-10,19H,2,8,11H2,1H3. The maximum Gasteiger partial charge on any atom is 0.131 e. The van der Waals surface area contributed by atoms with Crippen molar-refractivity contribution in [1.82, 2.24) is 0 Å². The van der Waals surface area contributed by atoms with Gasteiger partial charge in [0.15, 0.2) is 0 Å². The molecule has 0 fully saturated rings. The lowest BCUT2D eigenvalue weighted by Gasteiger charge is -2.10. The van der Waals surface area contributed by atoms with Gasteiger partial charge in [-0.3, -0.25) is 0 Å². The van der Waals surface area contributed by atoms with E-state index in [1.165, 1.54) is 12.1 Å². The van der Waals surface area contributed by atoms with Crippen molar-refractivity contribution >= 4 is 5.69 Å². The van der Waals surface area contributed by atoms with E-state index in [0.29, 0.717) is 18.7 Å². The minimum atomic E-state index is -0.568. The van der Waals surface area contributed by atoms with Gasteiger partial charge in [-0.15, -0.1) is 0 Å². The van der Waals surface area contributed by atoms with E-state index in [1.54, 1.807) is 0 Å². The number of rotatable bonds is 6. The highest BCUT2D eigenvalue weighted by molar-refractivity contribution is 5.48. The molecule has 0 saturated heterocycles. The van der Waals surface area contributed by atoms with Gasteiger partial charge in [-0.1, -0.05) is 19.1 Å². The number of halogens is 2. The summed E-state index contributed by atoms with van der Waals surface area (Å²) in [6.45, 7) is 3.00. The summed E-state index contributed by atoms with van der Waals surface area (Å²) >= 11 is 0. The lowest BCUT2D eigenvalue weighted by atomic mass is 10.2. The van der Waals surface area contributed by atoms with Crippen molar-refractivity contribution in [2.75, 3.05) is 11.9 Å². The fourth-order valence-electron chi connectivity index (χ4n) is 1.78. The zero-order valence-electron chi connectivity index (χ0n) is 11.3. The molecule has 1 N–H and O–H groups in total. The number of hydrogen-bond acceptors (Lipinski definition) is 2.